The molecule has 1 heterocycles. The largest absolute Gasteiger partial charge is 0.354 e. The molecule has 1 aliphatic rings. The Morgan fingerprint density at radius 1 is 1.56 bits per heavy atom. The van der Waals surface area contributed by atoms with Gasteiger partial charge in [-0.25, -0.2) is 4.98 Å². The zero-order valence-electron chi connectivity index (χ0n) is 9.24. The second-order valence-corrected chi connectivity index (χ2v) is 5.27. The van der Waals surface area contributed by atoms with Gasteiger partial charge in [-0.1, -0.05) is 12.8 Å². The number of nitrogens with zero attached hydrogens (tertiary/aromatic N) is 1. The van der Waals surface area contributed by atoms with E-state index in [2.05, 4.69) is 10.3 Å². The molecule has 0 radical (unpaired) electrons. The fourth-order valence-electron chi connectivity index (χ4n) is 2.07. The zero-order chi connectivity index (χ0) is 11.4. The molecule has 0 bridgehead atoms. The minimum Gasteiger partial charge on any atom is -0.354 e. The third-order valence-electron chi connectivity index (χ3n) is 3.06. The summed E-state index contributed by atoms with van der Waals surface area (Å²) in [7, 11) is 0. The maximum atomic E-state index is 11.8. The number of hydrogen-bond acceptors (Lipinski definition) is 4. The van der Waals surface area contributed by atoms with E-state index in [0.29, 0.717) is 6.54 Å². The van der Waals surface area contributed by atoms with Gasteiger partial charge >= 0.3 is 0 Å². The Balaban J connectivity index is 1.75. The van der Waals surface area contributed by atoms with E-state index in [9.17, 15) is 4.79 Å². The summed E-state index contributed by atoms with van der Waals surface area (Å²) in [6, 6.07) is 0. The lowest BCUT2D eigenvalue weighted by Crippen LogP contribution is -2.52. The molecule has 16 heavy (non-hydrogen) atoms. The Kier molecular flexibility index (Phi) is 3.56. The van der Waals surface area contributed by atoms with E-state index in [-0.39, 0.29) is 5.91 Å². The van der Waals surface area contributed by atoms with Gasteiger partial charge in [0, 0.05) is 24.5 Å². The van der Waals surface area contributed by atoms with Gasteiger partial charge < -0.3 is 11.1 Å². The second kappa shape index (κ2) is 4.93. The number of hydrogen-bond donors (Lipinski definition) is 2. The van der Waals surface area contributed by atoms with Gasteiger partial charge in [-0.2, -0.15) is 0 Å². The van der Waals surface area contributed by atoms with Crippen LogP contribution in [-0.2, 0) is 11.2 Å². The van der Waals surface area contributed by atoms with Crippen molar-refractivity contribution < 1.29 is 4.79 Å². The van der Waals surface area contributed by atoms with E-state index in [1.807, 2.05) is 5.38 Å². The van der Waals surface area contributed by atoms with Gasteiger partial charge in [-0.05, 0) is 12.8 Å². The second-order valence-electron chi connectivity index (χ2n) is 4.29. The molecule has 0 aliphatic heterocycles. The SMILES string of the molecule is NC1(C(=O)NCCc2nccs2)CCCC1. The lowest BCUT2D eigenvalue weighted by atomic mass is 9.98. The molecule has 3 N–H and O–H groups in total. The Labute approximate surface area is 99.3 Å². The van der Waals surface area contributed by atoms with Gasteiger partial charge in [0.05, 0.1) is 10.5 Å². The Morgan fingerprint density at radius 3 is 2.94 bits per heavy atom. The summed E-state index contributed by atoms with van der Waals surface area (Å²) in [4.78, 5) is 16.0. The molecule has 0 aromatic carbocycles. The maximum Gasteiger partial charge on any atom is 0.240 e. The highest BCUT2D eigenvalue weighted by Gasteiger charge is 2.36. The molecule has 1 aromatic rings. The quantitative estimate of drug-likeness (QED) is 0.826. The lowest BCUT2D eigenvalue weighted by molar-refractivity contribution is -0.126. The molecule has 1 saturated carbocycles. The van der Waals surface area contributed by atoms with E-state index in [4.69, 9.17) is 5.73 Å². The number of nitrogens with two attached hydrogens (primary N) is 1. The highest BCUT2D eigenvalue weighted by Crippen LogP contribution is 2.27. The molecular formula is C11H17N3OS. The molecule has 0 saturated heterocycles. The van der Waals surface area contributed by atoms with E-state index >= 15 is 0 Å². The van der Waals surface area contributed by atoms with E-state index in [1.54, 1.807) is 17.5 Å². The van der Waals surface area contributed by atoms with Crippen molar-refractivity contribution in [3.63, 3.8) is 0 Å². The van der Waals surface area contributed by atoms with Crippen molar-refractivity contribution in [2.45, 2.75) is 37.6 Å². The Hall–Kier alpha value is -0.940. The third kappa shape index (κ3) is 2.59. The van der Waals surface area contributed by atoms with Crippen LogP contribution in [0.2, 0.25) is 0 Å². The van der Waals surface area contributed by atoms with Gasteiger partial charge in [0.2, 0.25) is 5.91 Å². The van der Waals surface area contributed by atoms with E-state index < -0.39 is 5.54 Å². The summed E-state index contributed by atoms with van der Waals surface area (Å²) in [6.07, 6.45) is 6.33. The third-order valence-corrected chi connectivity index (χ3v) is 3.90. The molecule has 5 heteroatoms. The average molecular weight is 239 g/mol. The predicted octanol–water partition coefficient (Wildman–Crippen LogP) is 1.07. The summed E-state index contributed by atoms with van der Waals surface area (Å²) in [6.45, 7) is 0.630. The van der Waals surface area contributed by atoms with Crippen LogP contribution in [0.25, 0.3) is 0 Å². The number of rotatable bonds is 4. The molecule has 0 unspecified atom stereocenters. The molecule has 1 fully saturated rings. The van der Waals surface area contributed by atoms with Crippen molar-refractivity contribution in [1.82, 2.24) is 10.3 Å². The van der Waals surface area contributed by atoms with Crippen LogP contribution >= 0.6 is 11.3 Å². The fourth-order valence-corrected chi connectivity index (χ4v) is 2.69. The van der Waals surface area contributed by atoms with Crippen molar-refractivity contribution in [3.05, 3.63) is 16.6 Å². The van der Waals surface area contributed by atoms with Crippen LogP contribution in [0, 0.1) is 0 Å². The topological polar surface area (TPSA) is 68.0 Å². The van der Waals surface area contributed by atoms with Crippen molar-refractivity contribution in [1.29, 1.82) is 0 Å². The summed E-state index contributed by atoms with van der Waals surface area (Å²) in [5, 5.41) is 5.90. The normalized spacial score (nSPS) is 18.6. The molecule has 1 aromatic heterocycles. The summed E-state index contributed by atoms with van der Waals surface area (Å²) < 4.78 is 0. The van der Waals surface area contributed by atoms with Crippen molar-refractivity contribution in [2.75, 3.05) is 6.54 Å². The van der Waals surface area contributed by atoms with Crippen molar-refractivity contribution in [3.8, 4) is 0 Å². The Morgan fingerprint density at radius 2 is 2.31 bits per heavy atom. The van der Waals surface area contributed by atoms with Crippen LogP contribution in [0.3, 0.4) is 0 Å². The summed E-state index contributed by atoms with van der Waals surface area (Å²) in [5.41, 5.74) is 5.43. The van der Waals surface area contributed by atoms with Gasteiger partial charge in [-0.15, -0.1) is 11.3 Å². The van der Waals surface area contributed by atoms with Crippen molar-refractivity contribution >= 4 is 17.2 Å². The monoisotopic (exact) mass is 239 g/mol. The molecule has 4 nitrogen and oxygen atoms in total. The minimum atomic E-state index is -0.608. The summed E-state index contributed by atoms with van der Waals surface area (Å²) >= 11 is 1.61. The number of nitrogens with one attached hydrogen (secondary N) is 1. The summed E-state index contributed by atoms with van der Waals surface area (Å²) in [5.74, 6) is 0.00144. The van der Waals surface area contributed by atoms with Crippen molar-refractivity contribution in [2.24, 2.45) is 5.73 Å². The van der Waals surface area contributed by atoms with Gasteiger partial charge in [0.25, 0.3) is 0 Å². The van der Waals surface area contributed by atoms with Crippen LogP contribution in [0.5, 0.6) is 0 Å². The fraction of sp³-hybridized carbons (Fsp3) is 0.636. The lowest BCUT2D eigenvalue weighted by Gasteiger charge is -2.21. The maximum absolute atomic E-state index is 11.8. The molecule has 1 aliphatic carbocycles. The molecular weight excluding hydrogens is 222 g/mol. The predicted molar refractivity (Wildman–Crippen MR) is 64.2 cm³/mol. The van der Waals surface area contributed by atoms with Gasteiger partial charge in [0.1, 0.15) is 0 Å². The van der Waals surface area contributed by atoms with Crippen LogP contribution in [-0.4, -0.2) is 23.0 Å². The first-order valence-corrected chi connectivity index (χ1v) is 6.54. The standard InChI is InChI=1S/C11H17N3OS/c12-11(4-1-2-5-11)10(15)14-6-3-9-13-7-8-16-9/h7-8H,1-6,12H2,(H,14,15). The molecule has 1 amide bonds. The Bertz CT molecular complexity index is 344. The zero-order valence-corrected chi connectivity index (χ0v) is 10.1. The molecule has 88 valence electrons. The van der Waals surface area contributed by atoms with Gasteiger partial charge in [0.15, 0.2) is 0 Å². The number of carbonyl (C=O) groups is 1. The first-order chi connectivity index (χ1) is 7.71. The van der Waals surface area contributed by atoms with Crippen LogP contribution in [0.4, 0.5) is 0 Å². The molecule has 0 spiro atoms. The van der Waals surface area contributed by atoms with Crippen LogP contribution in [0.1, 0.15) is 30.7 Å². The highest BCUT2D eigenvalue weighted by molar-refractivity contribution is 7.09. The first kappa shape index (κ1) is 11.5. The molecule has 0 atom stereocenters. The van der Waals surface area contributed by atoms with E-state index in [0.717, 1.165) is 37.1 Å². The molecule has 2 rings (SSSR count). The number of thiazole rings is 1. The van der Waals surface area contributed by atoms with E-state index in [1.165, 1.54) is 0 Å². The van der Waals surface area contributed by atoms with Crippen LogP contribution < -0.4 is 11.1 Å². The first-order valence-electron chi connectivity index (χ1n) is 5.66. The van der Waals surface area contributed by atoms with Crippen LogP contribution in [0.15, 0.2) is 11.6 Å². The minimum absolute atomic E-state index is 0.00144. The average Bonchev–Trinajstić information content (AvgIpc) is 2.90. The smallest absolute Gasteiger partial charge is 0.240 e. The number of carbonyl (C=O) groups excluding carboxylic acids is 1. The highest BCUT2D eigenvalue weighted by atomic mass is 32.1. The number of amides is 1. The number of aromatic nitrogens is 1. The van der Waals surface area contributed by atoms with Gasteiger partial charge in [-0.3, -0.25) is 4.79 Å².